The first-order chi connectivity index (χ1) is 8.78. The van der Waals surface area contributed by atoms with Crippen molar-refractivity contribution in [3.05, 3.63) is 23.9 Å². The van der Waals surface area contributed by atoms with Crippen LogP contribution in [0.3, 0.4) is 0 Å². The molecule has 1 aliphatic heterocycles. The average Bonchev–Trinajstić information content (AvgIpc) is 2.89. The highest BCUT2D eigenvalue weighted by atomic mass is 16.5. The minimum Gasteiger partial charge on any atom is -0.472 e. The number of nitrogens with zero attached hydrogens (tertiary/aromatic N) is 2. The smallest absolute Gasteiger partial charge is 0.213 e. The SMILES string of the molecule is CN=C(N)NCc1ccnc(OC2CCOC2)c1. The number of hydrogen-bond acceptors (Lipinski definition) is 4. The van der Waals surface area contributed by atoms with E-state index in [9.17, 15) is 0 Å². The van der Waals surface area contributed by atoms with Gasteiger partial charge in [-0.25, -0.2) is 4.98 Å². The van der Waals surface area contributed by atoms with Gasteiger partial charge in [-0.15, -0.1) is 0 Å². The molecular weight excluding hydrogens is 232 g/mol. The molecule has 3 N–H and O–H groups in total. The fourth-order valence-corrected chi connectivity index (χ4v) is 1.67. The number of aliphatic imine (C=N–C) groups is 1. The van der Waals surface area contributed by atoms with Crippen LogP contribution in [0.25, 0.3) is 0 Å². The zero-order valence-corrected chi connectivity index (χ0v) is 10.4. The summed E-state index contributed by atoms with van der Waals surface area (Å²) in [4.78, 5) is 8.01. The lowest BCUT2D eigenvalue weighted by atomic mass is 10.2. The Balaban J connectivity index is 1.91. The molecule has 0 amide bonds. The molecule has 6 nitrogen and oxygen atoms in total. The number of hydrogen-bond donors (Lipinski definition) is 2. The van der Waals surface area contributed by atoms with E-state index in [1.807, 2.05) is 12.1 Å². The van der Waals surface area contributed by atoms with Gasteiger partial charge in [0.15, 0.2) is 5.96 Å². The van der Waals surface area contributed by atoms with E-state index < -0.39 is 0 Å². The largest absolute Gasteiger partial charge is 0.472 e. The summed E-state index contributed by atoms with van der Waals surface area (Å²) in [5.74, 6) is 1.04. The third kappa shape index (κ3) is 3.59. The van der Waals surface area contributed by atoms with E-state index in [4.69, 9.17) is 15.2 Å². The standard InChI is InChI=1S/C12H18N4O2/c1-14-12(13)16-7-9-2-4-15-11(6-9)18-10-3-5-17-8-10/h2,4,6,10H,3,5,7-8H2,1H3,(H3,13,14,16). The molecule has 1 aromatic heterocycles. The molecule has 0 aliphatic carbocycles. The van der Waals surface area contributed by atoms with Gasteiger partial charge >= 0.3 is 0 Å². The number of ether oxygens (including phenoxy) is 2. The minimum atomic E-state index is 0.114. The van der Waals surface area contributed by atoms with Crippen LogP contribution in [0.15, 0.2) is 23.3 Å². The van der Waals surface area contributed by atoms with Crippen molar-refractivity contribution in [2.75, 3.05) is 20.3 Å². The Morgan fingerprint density at radius 2 is 2.61 bits per heavy atom. The van der Waals surface area contributed by atoms with Gasteiger partial charge in [0.2, 0.25) is 5.88 Å². The normalized spacial score (nSPS) is 19.8. The fraction of sp³-hybridized carbons (Fsp3) is 0.500. The molecule has 6 heteroatoms. The van der Waals surface area contributed by atoms with Gasteiger partial charge in [-0.3, -0.25) is 4.99 Å². The van der Waals surface area contributed by atoms with Crippen LogP contribution in [-0.4, -0.2) is 37.3 Å². The van der Waals surface area contributed by atoms with Crippen LogP contribution in [0, 0.1) is 0 Å². The first kappa shape index (κ1) is 12.6. The predicted octanol–water partition coefficient (Wildman–Crippen LogP) is 0.283. The second-order valence-electron chi connectivity index (χ2n) is 4.07. The minimum absolute atomic E-state index is 0.114. The number of pyridine rings is 1. The Kier molecular flexibility index (Phi) is 4.35. The molecule has 0 radical (unpaired) electrons. The maximum Gasteiger partial charge on any atom is 0.213 e. The highest BCUT2D eigenvalue weighted by Gasteiger charge is 2.17. The number of guanidine groups is 1. The molecule has 1 aromatic rings. The highest BCUT2D eigenvalue weighted by molar-refractivity contribution is 5.77. The summed E-state index contributed by atoms with van der Waals surface area (Å²) in [5.41, 5.74) is 6.61. The Labute approximate surface area is 106 Å². The molecule has 2 rings (SSSR count). The zero-order chi connectivity index (χ0) is 12.8. The van der Waals surface area contributed by atoms with Gasteiger partial charge in [-0.2, -0.15) is 0 Å². The summed E-state index contributed by atoms with van der Waals surface area (Å²) >= 11 is 0. The molecule has 0 spiro atoms. The molecule has 18 heavy (non-hydrogen) atoms. The van der Waals surface area contributed by atoms with Crippen LogP contribution < -0.4 is 15.8 Å². The first-order valence-corrected chi connectivity index (χ1v) is 5.93. The van der Waals surface area contributed by atoms with Crippen molar-refractivity contribution in [2.24, 2.45) is 10.7 Å². The second kappa shape index (κ2) is 6.20. The van der Waals surface area contributed by atoms with Crippen LogP contribution in [0.4, 0.5) is 0 Å². The Morgan fingerprint density at radius 3 is 3.33 bits per heavy atom. The third-order valence-electron chi connectivity index (χ3n) is 2.69. The van der Waals surface area contributed by atoms with Crippen LogP contribution in [-0.2, 0) is 11.3 Å². The van der Waals surface area contributed by atoms with Gasteiger partial charge in [0.05, 0.1) is 13.2 Å². The number of rotatable bonds is 4. The van der Waals surface area contributed by atoms with E-state index in [1.54, 1.807) is 13.2 Å². The fourth-order valence-electron chi connectivity index (χ4n) is 1.67. The van der Waals surface area contributed by atoms with Crippen molar-refractivity contribution in [2.45, 2.75) is 19.1 Å². The zero-order valence-electron chi connectivity index (χ0n) is 10.4. The molecule has 0 bridgehead atoms. The van der Waals surface area contributed by atoms with Crippen LogP contribution in [0.1, 0.15) is 12.0 Å². The second-order valence-corrected chi connectivity index (χ2v) is 4.07. The van der Waals surface area contributed by atoms with Crippen molar-refractivity contribution >= 4 is 5.96 Å². The molecular formula is C12H18N4O2. The van der Waals surface area contributed by atoms with Crippen molar-refractivity contribution in [1.29, 1.82) is 0 Å². The summed E-state index contributed by atoms with van der Waals surface area (Å²) in [7, 11) is 1.64. The summed E-state index contributed by atoms with van der Waals surface area (Å²) in [6, 6.07) is 3.81. The molecule has 1 atom stereocenters. The first-order valence-electron chi connectivity index (χ1n) is 5.93. The molecule has 98 valence electrons. The topological polar surface area (TPSA) is 81.8 Å². The van der Waals surface area contributed by atoms with Gasteiger partial charge in [0.25, 0.3) is 0 Å². The van der Waals surface area contributed by atoms with Crippen molar-refractivity contribution in [3.63, 3.8) is 0 Å². The predicted molar refractivity (Wildman–Crippen MR) is 68.5 cm³/mol. The summed E-state index contributed by atoms with van der Waals surface area (Å²) in [6.07, 6.45) is 2.75. The van der Waals surface area contributed by atoms with Crippen molar-refractivity contribution in [1.82, 2.24) is 10.3 Å². The molecule has 1 unspecified atom stereocenters. The quantitative estimate of drug-likeness (QED) is 0.592. The van der Waals surface area contributed by atoms with E-state index in [1.165, 1.54) is 0 Å². The highest BCUT2D eigenvalue weighted by Crippen LogP contribution is 2.15. The molecule has 1 aliphatic rings. The molecule has 2 heterocycles. The lowest BCUT2D eigenvalue weighted by Crippen LogP contribution is -2.30. The number of nitrogens with one attached hydrogen (secondary N) is 1. The molecule has 0 aromatic carbocycles. The van der Waals surface area contributed by atoms with Crippen molar-refractivity contribution < 1.29 is 9.47 Å². The lowest BCUT2D eigenvalue weighted by molar-refractivity contribution is 0.138. The van der Waals surface area contributed by atoms with Gasteiger partial charge in [0, 0.05) is 32.3 Å². The molecule has 1 saturated heterocycles. The summed E-state index contributed by atoms with van der Waals surface area (Å²) in [5, 5.41) is 2.99. The van der Waals surface area contributed by atoms with Gasteiger partial charge in [-0.1, -0.05) is 0 Å². The maximum absolute atomic E-state index is 5.72. The molecule has 0 saturated carbocycles. The summed E-state index contributed by atoms with van der Waals surface area (Å²) < 4.78 is 11.0. The lowest BCUT2D eigenvalue weighted by Gasteiger charge is -2.11. The average molecular weight is 250 g/mol. The van der Waals surface area contributed by atoms with Crippen LogP contribution in [0.5, 0.6) is 5.88 Å². The van der Waals surface area contributed by atoms with E-state index in [2.05, 4.69) is 15.3 Å². The van der Waals surface area contributed by atoms with Crippen molar-refractivity contribution in [3.8, 4) is 5.88 Å². The monoisotopic (exact) mass is 250 g/mol. The van der Waals surface area contributed by atoms with E-state index in [-0.39, 0.29) is 6.10 Å². The molecule has 1 fully saturated rings. The van der Waals surface area contributed by atoms with E-state index in [0.717, 1.165) is 18.6 Å². The van der Waals surface area contributed by atoms with E-state index in [0.29, 0.717) is 25.0 Å². The van der Waals surface area contributed by atoms with E-state index >= 15 is 0 Å². The Morgan fingerprint density at radius 1 is 1.72 bits per heavy atom. The Hall–Kier alpha value is -1.82. The van der Waals surface area contributed by atoms with Crippen LogP contribution in [0.2, 0.25) is 0 Å². The number of aromatic nitrogens is 1. The van der Waals surface area contributed by atoms with Gasteiger partial charge in [-0.05, 0) is 11.6 Å². The van der Waals surface area contributed by atoms with Crippen LogP contribution >= 0.6 is 0 Å². The number of nitrogens with two attached hydrogens (primary N) is 1. The maximum atomic E-state index is 5.72. The van der Waals surface area contributed by atoms with Gasteiger partial charge < -0.3 is 20.5 Å². The Bertz CT molecular complexity index is 416. The summed E-state index contributed by atoms with van der Waals surface area (Å²) in [6.45, 7) is 2.00. The van der Waals surface area contributed by atoms with Gasteiger partial charge in [0.1, 0.15) is 6.10 Å². The third-order valence-corrected chi connectivity index (χ3v) is 2.69.